The first kappa shape index (κ1) is 35.6. The van der Waals surface area contributed by atoms with Gasteiger partial charge in [0.2, 0.25) is 0 Å². The van der Waals surface area contributed by atoms with E-state index in [0.29, 0.717) is 23.0 Å². The highest BCUT2D eigenvalue weighted by Gasteiger charge is 2.47. The predicted molar refractivity (Wildman–Crippen MR) is 264 cm³/mol. The van der Waals surface area contributed by atoms with E-state index in [1.54, 1.807) is 0 Å². The first-order valence-electron chi connectivity index (χ1n) is 21.9. The highest BCUT2D eigenvalue weighted by molar-refractivity contribution is 7.26. The number of aromatic nitrogens is 1. The number of rotatable bonds is 1. The fraction of sp³-hybridized carbons (Fsp3) is 0.143. The Labute approximate surface area is 368 Å². The molecule has 0 amide bonds. The zero-order valence-corrected chi connectivity index (χ0v) is 36.7. The summed E-state index contributed by atoms with van der Waals surface area (Å²) in [6, 6.07) is 51.0. The van der Waals surface area contributed by atoms with Crippen molar-refractivity contribution < 1.29 is 13.9 Å². The Morgan fingerprint density at radius 2 is 1.22 bits per heavy atom. The fourth-order valence-corrected chi connectivity index (χ4v) is 12.1. The fourth-order valence-electron chi connectivity index (χ4n) is 10.8. The lowest BCUT2D eigenvalue weighted by atomic mass is 9.43. The Morgan fingerprint density at radius 3 is 2.02 bits per heavy atom. The van der Waals surface area contributed by atoms with E-state index >= 15 is 0 Å². The van der Waals surface area contributed by atoms with Crippen molar-refractivity contribution in [2.45, 2.75) is 52.4 Å². The number of para-hydroxylation sites is 4. The van der Waals surface area contributed by atoms with Crippen LogP contribution < -0.4 is 25.2 Å². The SMILES string of the molecule is CC(C)(C)c1ccc2c(c1)c1cc(C(C)(C)C)cc3c1n2-c1cc2c(sc4ccccc42)c2c1B3N(c1cccc3c1oc1ccccc13)c1cc3c(cc1-2)Oc1ccccc1O3. The topological polar surface area (TPSA) is 39.8 Å². The third kappa shape index (κ3) is 4.73. The van der Waals surface area contributed by atoms with E-state index < -0.39 is 0 Å². The van der Waals surface area contributed by atoms with Crippen molar-refractivity contribution in [2.75, 3.05) is 4.81 Å². The van der Waals surface area contributed by atoms with E-state index in [-0.39, 0.29) is 17.7 Å². The molecule has 6 heterocycles. The second-order valence-corrected chi connectivity index (χ2v) is 20.7. The molecule has 0 bridgehead atoms. The number of anilines is 2. The molecule has 0 N–H and O–H groups in total. The number of hydrogen-bond donors (Lipinski definition) is 0. The highest BCUT2D eigenvalue weighted by Crippen LogP contribution is 2.56. The lowest BCUT2D eigenvalue weighted by Crippen LogP contribution is -2.60. The van der Waals surface area contributed by atoms with Gasteiger partial charge in [-0.15, -0.1) is 11.3 Å². The number of furan rings is 1. The van der Waals surface area contributed by atoms with Gasteiger partial charge in [0.05, 0.1) is 16.7 Å². The molecule has 3 aromatic heterocycles. The van der Waals surface area contributed by atoms with Crippen LogP contribution in [-0.4, -0.2) is 11.4 Å². The van der Waals surface area contributed by atoms with Gasteiger partial charge < -0.3 is 23.3 Å². The molecule has 7 heteroatoms. The second-order valence-electron chi connectivity index (χ2n) is 19.7. The molecule has 302 valence electrons. The van der Waals surface area contributed by atoms with Crippen LogP contribution in [0.4, 0.5) is 11.4 Å². The Bertz CT molecular complexity index is 3860. The van der Waals surface area contributed by atoms with Crippen LogP contribution in [0.15, 0.2) is 144 Å². The van der Waals surface area contributed by atoms with Crippen LogP contribution in [0.1, 0.15) is 52.7 Å². The molecule has 14 rings (SSSR count). The minimum Gasteiger partial charge on any atom is -0.454 e. The van der Waals surface area contributed by atoms with Gasteiger partial charge in [-0.3, -0.25) is 0 Å². The summed E-state index contributed by atoms with van der Waals surface area (Å²) in [6.45, 7) is 13.7. The lowest BCUT2D eigenvalue weighted by Gasteiger charge is -2.43. The largest absolute Gasteiger partial charge is 0.454 e. The third-order valence-electron chi connectivity index (χ3n) is 13.9. The third-order valence-corrected chi connectivity index (χ3v) is 15.1. The first-order valence-corrected chi connectivity index (χ1v) is 22.8. The van der Waals surface area contributed by atoms with Gasteiger partial charge in [0.15, 0.2) is 28.6 Å². The van der Waals surface area contributed by atoms with Crippen molar-refractivity contribution in [2.24, 2.45) is 0 Å². The maximum absolute atomic E-state index is 6.96. The van der Waals surface area contributed by atoms with Crippen molar-refractivity contribution in [1.82, 2.24) is 4.57 Å². The zero-order valence-electron chi connectivity index (χ0n) is 35.9. The number of benzene rings is 8. The molecule has 0 aliphatic carbocycles. The molecule has 11 aromatic rings. The number of ether oxygens (including phenoxy) is 2. The van der Waals surface area contributed by atoms with Gasteiger partial charge >= 0.3 is 6.85 Å². The molecule has 63 heavy (non-hydrogen) atoms. The predicted octanol–water partition coefficient (Wildman–Crippen LogP) is 14.8. The van der Waals surface area contributed by atoms with Crippen LogP contribution in [-0.2, 0) is 10.8 Å². The van der Waals surface area contributed by atoms with E-state index in [4.69, 9.17) is 13.9 Å². The molecule has 0 unspecified atom stereocenters. The van der Waals surface area contributed by atoms with Gasteiger partial charge in [0, 0.05) is 70.3 Å². The van der Waals surface area contributed by atoms with E-state index in [9.17, 15) is 0 Å². The van der Waals surface area contributed by atoms with Crippen molar-refractivity contribution >= 4 is 104 Å². The van der Waals surface area contributed by atoms with Gasteiger partial charge in [0.25, 0.3) is 0 Å². The number of nitrogens with zero attached hydrogens (tertiary/aromatic N) is 2. The minimum atomic E-state index is -0.227. The Balaban J connectivity index is 1.20. The average Bonchev–Trinajstić information content (AvgIpc) is 3.95. The maximum atomic E-state index is 6.96. The van der Waals surface area contributed by atoms with Crippen LogP contribution in [0.3, 0.4) is 0 Å². The molecule has 3 aliphatic heterocycles. The van der Waals surface area contributed by atoms with Crippen LogP contribution in [0.25, 0.3) is 80.7 Å². The molecule has 0 atom stereocenters. The molecule has 0 saturated carbocycles. The summed E-state index contributed by atoms with van der Waals surface area (Å²) in [4.78, 5) is 2.57. The van der Waals surface area contributed by atoms with Crippen LogP contribution in [0, 0.1) is 0 Å². The maximum Gasteiger partial charge on any atom is 0.333 e. The first-order chi connectivity index (χ1) is 30.5. The van der Waals surface area contributed by atoms with Crippen molar-refractivity contribution in [3.8, 4) is 39.8 Å². The van der Waals surface area contributed by atoms with Crippen molar-refractivity contribution in [3.05, 3.63) is 151 Å². The van der Waals surface area contributed by atoms with Gasteiger partial charge in [-0.2, -0.15) is 0 Å². The highest BCUT2D eigenvalue weighted by atomic mass is 32.1. The normalized spacial score (nSPS) is 14.1. The monoisotopic (exact) mass is 832 g/mol. The van der Waals surface area contributed by atoms with Crippen molar-refractivity contribution in [1.29, 1.82) is 0 Å². The summed E-state index contributed by atoms with van der Waals surface area (Å²) >= 11 is 1.89. The summed E-state index contributed by atoms with van der Waals surface area (Å²) in [6.07, 6.45) is 0. The van der Waals surface area contributed by atoms with Crippen molar-refractivity contribution in [3.63, 3.8) is 0 Å². The zero-order chi connectivity index (χ0) is 42.3. The van der Waals surface area contributed by atoms with Gasteiger partial charge in [-0.1, -0.05) is 114 Å². The molecule has 3 aliphatic rings. The molecule has 0 fully saturated rings. The minimum absolute atomic E-state index is 0.0157. The van der Waals surface area contributed by atoms with Crippen LogP contribution >= 0.6 is 11.3 Å². The molecule has 0 saturated heterocycles. The Morgan fingerprint density at radius 1 is 0.524 bits per heavy atom. The van der Waals surface area contributed by atoms with E-state index in [0.717, 1.165) is 38.9 Å². The Hall–Kier alpha value is -6.96. The van der Waals surface area contributed by atoms with Crippen LogP contribution in [0.5, 0.6) is 23.0 Å². The second kappa shape index (κ2) is 11.9. The molecule has 0 radical (unpaired) electrons. The molecular weight excluding hydrogens is 792 g/mol. The van der Waals surface area contributed by atoms with Crippen LogP contribution in [0.2, 0.25) is 0 Å². The number of hydrogen-bond acceptors (Lipinski definition) is 5. The van der Waals surface area contributed by atoms with Gasteiger partial charge in [-0.05, 0) is 93.5 Å². The van der Waals surface area contributed by atoms with Gasteiger partial charge in [-0.25, -0.2) is 0 Å². The van der Waals surface area contributed by atoms with E-state index in [2.05, 4.69) is 166 Å². The molecular formula is C56H41BN2O3S. The lowest BCUT2D eigenvalue weighted by molar-refractivity contribution is 0.360. The molecule has 8 aromatic carbocycles. The summed E-state index contributed by atoms with van der Waals surface area (Å²) in [5.74, 6) is 2.81. The molecule has 5 nitrogen and oxygen atoms in total. The quantitative estimate of drug-likeness (QED) is 0.155. The summed E-state index contributed by atoms with van der Waals surface area (Å²) in [7, 11) is 0. The van der Waals surface area contributed by atoms with E-state index in [1.807, 2.05) is 35.6 Å². The van der Waals surface area contributed by atoms with Gasteiger partial charge in [0.1, 0.15) is 5.58 Å². The Kier molecular flexibility index (Phi) is 6.75. The molecule has 0 spiro atoms. The average molecular weight is 833 g/mol. The number of thiophene rings is 1. The standard InChI is InChI=1S/C56H41BN2O3S/c1-55(2,3)30-22-23-40-35(24-30)36-25-31(56(4,5)6)26-39-52(36)58(40)43-27-37-33-15-8-12-21-49(33)63-54(37)50-38-28-47-48(61-46-20-11-10-19-45(46)60-47)29-42(38)59(57(39)51(43)50)41-17-13-16-34-32-14-7-9-18-44(32)62-53(34)41/h7-29H,1-6H3. The summed E-state index contributed by atoms with van der Waals surface area (Å²) in [5.41, 5.74) is 14.9. The smallest absolute Gasteiger partial charge is 0.333 e. The van der Waals surface area contributed by atoms with E-state index in [1.165, 1.54) is 75.3 Å². The summed E-state index contributed by atoms with van der Waals surface area (Å²) in [5, 5.41) is 7.30. The number of fused-ring (bicyclic) bond motifs is 16. The summed E-state index contributed by atoms with van der Waals surface area (Å²) < 4.78 is 25.6.